The maximum absolute atomic E-state index is 12.6. The number of carbonyl (C=O) groups excluding carboxylic acids is 3. The van der Waals surface area contributed by atoms with Crippen LogP contribution in [0.4, 0.5) is 0 Å². The van der Waals surface area contributed by atoms with Gasteiger partial charge in [-0.1, -0.05) is 29.8 Å². The minimum absolute atomic E-state index is 0.227. The maximum Gasteiger partial charge on any atom is 0.368 e. The van der Waals surface area contributed by atoms with Crippen molar-refractivity contribution in [2.24, 2.45) is 11.8 Å². The lowest BCUT2D eigenvalue weighted by Crippen LogP contribution is -2.97. The topological polar surface area (TPSA) is 80.3 Å². The van der Waals surface area contributed by atoms with Gasteiger partial charge in [0.15, 0.2) is 0 Å². The number of benzene rings is 1. The summed E-state index contributed by atoms with van der Waals surface area (Å²) in [6.07, 6.45) is 0. The molecule has 6 nitrogen and oxygen atoms in total. The molecule has 0 aromatic heterocycles. The number of nitrogens with zero attached hydrogens (tertiary/aromatic N) is 1. The summed E-state index contributed by atoms with van der Waals surface area (Å²) < 4.78 is 4.92. The lowest BCUT2D eigenvalue weighted by atomic mass is 9.80. The minimum Gasteiger partial charge on any atom is -0.464 e. The quantitative estimate of drug-likeness (QED) is 0.604. The van der Waals surface area contributed by atoms with E-state index in [2.05, 4.69) is 0 Å². The summed E-state index contributed by atoms with van der Waals surface area (Å²) >= 11 is 0. The smallest absolute Gasteiger partial charge is 0.368 e. The second kappa shape index (κ2) is 5.16. The molecule has 2 aliphatic heterocycles. The van der Waals surface area contributed by atoms with Gasteiger partial charge in [-0.2, -0.15) is 0 Å². The molecule has 0 unspecified atom stereocenters. The number of hydrogen-bond donors (Lipinski definition) is 1. The number of amides is 2. The summed E-state index contributed by atoms with van der Waals surface area (Å²) in [6, 6.07) is 7.57. The summed E-state index contributed by atoms with van der Waals surface area (Å²) in [5, 5.41) is 1.82. The summed E-state index contributed by atoms with van der Waals surface area (Å²) in [4.78, 5) is 38.6. The Morgan fingerprint density at radius 2 is 1.83 bits per heavy atom. The van der Waals surface area contributed by atoms with Crippen molar-refractivity contribution in [2.45, 2.75) is 25.4 Å². The second-order valence-corrected chi connectivity index (χ2v) is 6.62. The van der Waals surface area contributed by atoms with Crippen LogP contribution in [0.15, 0.2) is 24.3 Å². The number of carbonyl (C=O) groups is 3. The first kappa shape index (κ1) is 15.7. The van der Waals surface area contributed by atoms with Crippen LogP contribution in [-0.4, -0.2) is 42.4 Å². The predicted octanol–water partition coefficient (Wildman–Crippen LogP) is -0.224. The number of aryl methyl sites for hydroxylation is 1. The Morgan fingerprint density at radius 1 is 1.22 bits per heavy atom. The van der Waals surface area contributed by atoms with Gasteiger partial charge in [0.2, 0.25) is 17.4 Å². The van der Waals surface area contributed by atoms with E-state index in [4.69, 9.17) is 4.74 Å². The Morgan fingerprint density at radius 3 is 2.39 bits per heavy atom. The molecule has 0 aliphatic carbocycles. The van der Waals surface area contributed by atoms with Crippen molar-refractivity contribution >= 4 is 17.8 Å². The van der Waals surface area contributed by atoms with E-state index >= 15 is 0 Å². The van der Waals surface area contributed by atoms with E-state index in [0.717, 1.165) is 16.0 Å². The van der Waals surface area contributed by atoms with Crippen molar-refractivity contribution in [1.82, 2.24) is 4.90 Å². The molecule has 3 rings (SSSR count). The summed E-state index contributed by atoms with van der Waals surface area (Å²) in [7, 11) is 2.79. The molecule has 2 aliphatic rings. The standard InChI is InChI=1S/C17H20N2O4/c1-9-5-7-10(8-6-9)13-11-12(15(21)19(3)14(11)20)17(2,18-13)16(22)23-4/h5-8,11-13,18H,1-4H3/p+1/t11-,12+,13+,17+/m1/s1. The van der Waals surface area contributed by atoms with Crippen molar-refractivity contribution < 1.29 is 24.4 Å². The Labute approximate surface area is 134 Å². The van der Waals surface area contributed by atoms with Gasteiger partial charge in [-0.25, -0.2) is 4.79 Å². The molecule has 122 valence electrons. The van der Waals surface area contributed by atoms with Gasteiger partial charge < -0.3 is 10.1 Å². The van der Waals surface area contributed by atoms with Crippen molar-refractivity contribution in [3.8, 4) is 0 Å². The third kappa shape index (κ3) is 2.09. The number of likely N-dealkylation sites (tertiary alicyclic amines) is 1. The van der Waals surface area contributed by atoms with E-state index in [0.29, 0.717) is 0 Å². The van der Waals surface area contributed by atoms with Gasteiger partial charge in [-0.05, 0) is 6.92 Å². The van der Waals surface area contributed by atoms with Crippen LogP contribution in [-0.2, 0) is 19.1 Å². The van der Waals surface area contributed by atoms with Gasteiger partial charge in [0, 0.05) is 19.5 Å². The third-order valence-electron chi connectivity index (χ3n) is 5.22. The average Bonchev–Trinajstić information content (AvgIpc) is 2.97. The van der Waals surface area contributed by atoms with Crippen LogP contribution in [0.25, 0.3) is 0 Å². The van der Waals surface area contributed by atoms with E-state index in [-0.39, 0.29) is 17.9 Å². The number of ether oxygens (including phenoxy) is 1. The molecule has 4 atom stereocenters. The van der Waals surface area contributed by atoms with Gasteiger partial charge in [-0.15, -0.1) is 0 Å². The van der Waals surface area contributed by atoms with E-state index in [9.17, 15) is 14.4 Å². The monoisotopic (exact) mass is 317 g/mol. The molecule has 1 aromatic rings. The lowest BCUT2D eigenvalue weighted by Gasteiger charge is -2.24. The normalized spacial score (nSPS) is 33.0. The highest BCUT2D eigenvalue weighted by molar-refractivity contribution is 6.08. The SMILES string of the molecule is COC(=O)[C@@]1(C)[NH2+][C@@H](c2ccc(C)cc2)[C@@H]2C(=O)N(C)C(=O)[C@H]21. The molecule has 0 spiro atoms. The lowest BCUT2D eigenvalue weighted by molar-refractivity contribution is -0.731. The number of nitrogens with two attached hydrogens (primary N) is 1. The molecule has 0 saturated carbocycles. The van der Waals surface area contributed by atoms with E-state index < -0.39 is 23.3 Å². The molecule has 2 fully saturated rings. The van der Waals surface area contributed by atoms with Gasteiger partial charge in [0.1, 0.15) is 17.9 Å². The number of imide groups is 1. The van der Waals surface area contributed by atoms with Gasteiger partial charge in [-0.3, -0.25) is 14.5 Å². The van der Waals surface area contributed by atoms with E-state index in [1.165, 1.54) is 14.2 Å². The number of esters is 1. The van der Waals surface area contributed by atoms with Crippen LogP contribution < -0.4 is 5.32 Å². The highest BCUT2D eigenvalue weighted by Gasteiger charge is 2.70. The average molecular weight is 317 g/mol. The van der Waals surface area contributed by atoms with Crippen LogP contribution in [0.5, 0.6) is 0 Å². The van der Waals surface area contributed by atoms with Crippen molar-refractivity contribution in [3.63, 3.8) is 0 Å². The fourth-order valence-corrected chi connectivity index (χ4v) is 3.91. The first-order valence-electron chi connectivity index (χ1n) is 7.63. The number of rotatable bonds is 2. The van der Waals surface area contributed by atoms with Crippen LogP contribution in [0.2, 0.25) is 0 Å². The van der Waals surface area contributed by atoms with Gasteiger partial charge in [0.25, 0.3) is 0 Å². The Kier molecular flexibility index (Phi) is 3.52. The Balaban J connectivity index is 2.09. The maximum atomic E-state index is 12.6. The highest BCUT2D eigenvalue weighted by atomic mass is 16.5. The fourth-order valence-electron chi connectivity index (χ4n) is 3.91. The molecule has 6 heteroatoms. The number of methoxy groups -OCH3 is 1. The molecule has 0 bridgehead atoms. The zero-order chi connectivity index (χ0) is 16.9. The summed E-state index contributed by atoms with van der Waals surface area (Å²) in [6.45, 7) is 3.68. The van der Waals surface area contributed by atoms with Crippen molar-refractivity contribution in [3.05, 3.63) is 35.4 Å². The van der Waals surface area contributed by atoms with Crippen LogP contribution in [0.3, 0.4) is 0 Å². The molecule has 2 heterocycles. The number of quaternary nitrogens is 1. The van der Waals surface area contributed by atoms with Crippen molar-refractivity contribution in [1.29, 1.82) is 0 Å². The van der Waals surface area contributed by atoms with Crippen molar-refractivity contribution in [2.75, 3.05) is 14.2 Å². The molecule has 2 N–H and O–H groups in total. The molecule has 2 saturated heterocycles. The first-order chi connectivity index (χ1) is 10.8. The summed E-state index contributed by atoms with van der Waals surface area (Å²) in [5.41, 5.74) is 0.964. The Hall–Kier alpha value is -2.21. The zero-order valence-electron chi connectivity index (χ0n) is 13.7. The van der Waals surface area contributed by atoms with Gasteiger partial charge >= 0.3 is 5.97 Å². The molecule has 0 radical (unpaired) electrons. The largest absolute Gasteiger partial charge is 0.464 e. The molecular weight excluding hydrogens is 296 g/mol. The minimum atomic E-state index is -1.09. The highest BCUT2D eigenvalue weighted by Crippen LogP contribution is 2.43. The van der Waals surface area contributed by atoms with Crippen LogP contribution in [0, 0.1) is 18.8 Å². The summed E-state index contributed by atoms with van der Waals surface area (Å²) in [5.74, 6) is -2.25. The van der Waals surface area contributed by atoms with E-state index in [1.54, 1.807) is 6.92 Å². The number of hydrogen-bond acceptors (Lipinski definition) is 4. The van der Waals surface area contributed by atoms with E-state index in [1.807, 2.05) is 36.5 Å². The second-order valence-electron chi connectivity index (χ2n) is 6.62. The zero-order valence-corrected chi connectivity index (χ0v) is 13.7. The molecular formula is C17H21N2O4+. The fraction of sp³-hybridized carbons (Fsp3) is 0.471. The Bertz CT molecular complexity index is 684. The van der Waals surface area contributed by atoms with Crippen LogP contribution in [0.1, 0.15) is 24.1 Å². The molecule has 23 heavy (non-hydrogen) atoms. The van der Waals surface area contributed by atoms with Crippen LogP contribution >= 0.6 is 0 Å². The first-order valence-corrected chi connectivity index (χ1v) is 7.63. The van der Waals surface area contributed by atoms with Gasteiger partial charge in [0.05, 0.1) is 7.11 Å². The molecule has 1 aromatic carbocycles. The number of fused-ring (bicyclic) bond motifs is 1. The third-order valence-corrected chi connectivity index (χ3v) is 5.22. The predicted molar refractivity (Wildman–Crippen MR) is 81.0 cm³/mol. The molecule has 2 amide bonds.